The number of imide groups is 12. The smallest absolute Gasteiger partial charge is 0.744 e. The quantitative estimate of drug-likeness (QED) is 0.0319. The summed E-state index contributed by atoms with van der Waals surface area (Å²) in [6, 6.07) is 20.9. The number of carbonyl (C=O) groups is 18. The number of hydrogen-bond acceptors (Lipinski definition) is 30. The molecular weight excluding hydrogens is 1660 g/mol. The average Bonchev–Trinajstić information content (AvgIpc) is 0.787. The van der Waals surface area contributed by atoms with E-state index in [0.717, 1.165) is 41.5 Å². The van der Waals surface area contributed by atoms with Gasteiger partial charge in [-0.1, -0.05) is 97.1 Å². The predicted molar refractivity (Wildman–Crippen MR) is 361 cm³/mol. The molecule has 4 N–H and O–H groups in total. The number of urea groups is 6. The van der Waals surface area contributed by atoms with Crippen molar-refractivity contribution in [1.29, 1.82) is 0 Å². The number of carbonyl (C=O) groups excluding carboxylic acids is 18. The van der Waals surface area contributed by atoms with Crippen LogP contribution in [0, 0.1) is 23.7 Å². The molecule has 5 aromatic carbocycles. The molecule has 4 unspecified atom stereocenters. The summed E-state index contributed by atoms with van der Waals surface area (Å²) in [5.41, 5.74) is 1.52. The Balaban J connectivity index is 0.000000318. The molecule has 590 valence electrons. The van der Waals surface area contributed by atoms with Crippen molar-refractivity contribution in [3.8, 4) is 0 Å². The summed E-state index contributed by atoms with van der Waals surface area (Å²) >= 11 is 0. The van der Waals surface area contributed by atoms with Crippen molar-refractivity contribution in [3.05, 3.63) is 155 Å². The number of amides is 24. The average molecular weight is 1720 g/mol. The number of benzene rings is 5. The molecule has 0 aromatic heterocycles. The molecule has 0 radical (unpaired) electrons. The maximum atomic E-state index is 13.2. The minimum Gasteiger partial charge on any atom is -0.744 e. The van der Waals surface area contributed by atoms with Crippen LogP contribution in [-0.2, 0) is 124 Å². The van der Waals surface area contributed by atoms with E-state index in [1.807, 2.05) is 0 Å². The van der Waals surface area contributed by atoms with E-state index in [9.17, 15) is 138 Å². The summed E-state index contributed by atoms with van der Waals surface area (Å²) in [6.45, 7) is -2.32. The second kappa shape index (κ2) is 39.3. The van der Waals surface area contributed by atoms with Gasteiger partial charge in [0.25, 0.3) is 0 Å². The monoisotopic (exact) mass is 1720 g/mol. The van der Waals surface area contributed by atoms with Gasteiger partial charge in [0.05, 0.1) is 19.6 Å². The fourth-order valence-corrected chi connectivity index (χ4v) is 15.9. The van der Waals surface area contributed by atoms with Gasteiger partial charge in [-0.3, -0.25) is 118 Å². The van der Waals surface area contributed by atoms with E-state index in [1.165, 1.54) is 28.2 Å². The molecule has 6 aliphatic rings. The minimum absolute atomic E-state index is 0. The van der Waals surface area contributed by atoms with E-state index in [4.69, 9.17) is 0 Å². The van der Waals surface area contributed by atoms with Crippen LogP contribution < -0.4 is 139 Å². The van der Waals surface area contributed by atoms with Crippen LogP contribution in [0.1, 0.15) is 45.2 Å². The molecule has 11 rings (SSSR count). The first-order valence-corrected chi connectivity index (χ1v) is 38.0. The molecule has 24 amide bonds. The van der Waals surface area contributed by atoms with Crippen molar-refractivity contribution in [1.82, 2.24) is 60.5 Å². The Morgan fingerprint density at radius 1 is 0.284 bits per heavy atom. The van der Waals surface area contributed by atoms with Gasteiger partial charge in [-0.25, -0.2) is 62.4 Å². The van der Waals surface area contributed by atoms with Crippen molar-refractivity contribution in [2.75, 3.05) is 54.4 Å². The molecule has 0 saturated carbocycles. The third-order valence-corrected chi connectivity index (χ3v) is 21.9. The third kappa shape index (κ3) is 21.8. The van der Waals surface area contributed by atoms with E-state index in [0.29, 0.717) is 56.3 Å². The summed E-state index contributed by atoms with van der Waals surface area (Å²) in [5, 5.41) is 7.87. The third-order valence-electron chi connectivity index (χ3n) is 18.1. The van der Waals surface area contributed by atoms with Gasteiger partial charge in [0.2, 0.25) is 70.9 Å². The summed E-state index contributed by atoms with van der Waals surface area (Å²) in [4.78, 5) is 225. The molecule has 42 nitrogen and oxygen atoms in total. The number of barbiturate groups is 6. The molecule has 0 aliphatic carbocycles. The van der Waals surface area contributed by atoms with Crippen LogP contribution in [0.4, 0.5) is 28.8 Å². The van der Waals surface area contributed by atoms with Crippen molar-refractivity contribution >= 4 is 148 Å². The van der Waals surface area contributed by atoms with E-state index in [1.54, 1.807) is 95.6 Å². The second-order valence-corrected chi connectivity index (χ2v) is 30.6. The van der Waals surface area contributed by atoms with E-state index >= 15 is 0 Å². The molecule has 0 bridgehead atoms. The van der Waals surface area contributed by atoms with Gasteiger partial charge in [0, 0.05) is 54.4 Å². The molecule has 4 atom stereocenters. The van der Waals surface area contributed by atoms with Crippen LogP contribution in [0.3, 0.4) is 0 Å². The maximum absolute atomic E-state index is 13.2. The molecule has 6 aliphatic heterocycles. The molecule has 6 fully saturated rings. The van der Waals surface area contributed by atoms with Gasteiger partial charge >= 0.3 is 154 Å². The SMILES string of the molecule is CN1C(=O)C(Cc2cccc(CC3C(=O)N(C)C(=O)N(C)C3=O)c2)C(=O)N(C)C1=O.O=C1NC(=O)N(CCN2C(=O)NC(=O)C(Cc3ccc(S(=O)(=O)[O-])c(S(=O)(=O)[O-])c3)C2=O)C(=O)C1Cc1ccc(S(=O)(=O)[O-])c(S(=O)(=O)[O-])c1.O=C1NC(=O)N(CCN2C(=O)NC(=O)C(c3ccccc3)C2=O)C(=O)C1c1ccccc1.[Na+].[Na+].[Na+].[Na+]. The van der Waals surface area contributed by atoms with Crippen LogP contribution in [0.5, 0.6) is 0 Å². The Morgan fingerprint density at radius 2 is 0.534 bits per heavy atom. The standard InChI is InChI=1S/C24H22N4O18S4.C22H18N4O6.C20H22N4O6.4Na/c29-19-13(7-11-1-3-15(47(35,36)37)17(9-11)49(41,42)43)21(31)27(23(33)25-19)5-6-28-22(32)14(20(30)26-24(28)34)8-12-2-4-16(48(38,39)40)18(10-12)50(44,45)46;27-17-15(13-7-3-1-4-8-13)19(29)25(21(31)23-17)11-12-26-20(30)16(18(28)24-22(26)32)14-9-5-2-6-10-14;1-21-15(25)13(16(26)22(2)19(21)29)9-11-6-5-7-12(8-11)10-14-17(27)23(3)20(30)24(4)18(14)28;;;;/h1-4,9-10,13-14H,5-8H2,(H,25,29,33)(H,26,30,34)(H,35,36,37)(H,38,39,40)(H,41,42,43)(H,44,45,46);1-10,15-16H,11-12H2,(H,23,27,31)(H,24,28,32);5-8,13-14H,9-10H2,1-4H3;;;;/q;;;4*+1/p-4. The fraction of sp³-hybridized carbons (Fsp3) is 0.273. The predicted octanol–water partition coefficient (Wildman–Crippen LogP) is -14.7. The Kier molecular flexibility index (Phi) is 33.2. The van der Waals surface area contributed by atoms with Crippen molar-refractivity contribution in [3.63, 3.8) is 0 Å². The van der Waals surface area contributed by atoms with Crippen LogP contribution in [-0.4, -0.2) is 253 Å². The minimum atomic E-state index is -5.56. The van der Waals surface area contributed by atoms with Crippen molar-refractivity contribution in [2.24, 2.45) is 23.7 Å². The van der Waals surface area contributed by atoms with Gasteiger partial charge in [0.1, 0.15) is 76.0 Å². The molecule has 50 heteroatoms. The zero-order chi connectivity index (χ0) is 82.9. The molecule has 6 saturated heterocycles. The molecule has 6 heterocycles. The second-order valence-electron chi connectivity index (χ2n) is 25.2. The van der Waals surface area contributed by atoms with E-state index < -0.39 is 229 Å². The first kappa shape index (κ1) is 98.0. The van der Waals surface area contributed by atoms with Crippen LogP contribution in [0.25, 0.3) is 0 Å². The number of rotatable bonds is 20. The van der Waals surface area contributed by atoms with E-state index in [-0.39, 0.29) is 155 Å². The first-order chi connectivity index (χ1) is 52.2. The molecule has 116 heavy (non-hydrogen) atoms. The summed E-state index contributed by atoms with van der Waals surface area (Å²) < 4.78 is 138. The van der Waals surface area contributed by atoms with Crippen LogP contribution in [0.15, 0.2) is 141 Å². The van der Waals surface area contributed by atoms with E-state index in [2.05, 4.69) is 10.6 Å². The van der Waals surface area contributed by atoms with Crippen LogP contribution in [0.2, 0.25) is 0 Å². The zero-order valence-electron chi connectivity index (χ0n) is 62.1. The Labute approximate surface area is 746 Å². The van der Waals surface area contributed by atoms with Crippen LogP contribution >= 0.6 is 0 Å². The first-order valence-electron chi connectivity index (χ1n) is 32.3. The molecule has 0 spiro atoms. The summed E-state index contributed by atoms with van der Waals surface area (Å²) in [7, 11) is -16.7. The fourth-order valence-electron chi connectivity index (χ4n) is 12.3. The largest absolute Gasteiger partial charge is 1.00 e. The normalized spacial score (nSPS) is 19.3. The Bertz CT molecular complexity index is 5070. The summed E-state index contributed by atoms with van der Waals surface area (Å²) in [5.74, 6) is -18.5. The maximum Gasteiger partial charge on any atom is 1.00 e. The molecular formula is C66H58N12Na4O30S4. The molecule has 5 aromatic rings. The Hall–Kier alpha value is -8.60. The van der Waals surface area contributed by atoms with Gasteiger partial charge in [-0.2, -0.15) is 0 Å². The Morgan fingerprint density at radius 3 is 0.810 bits per heavy atom. The number of nitrogens with one attached hydrogen (secondary N) is 4. The number of nitrogens with zero attached hydrogens (tertiary/aromatic N) is 8. The van der Waals surface area contributed by atoms with Gasteiger partial charge in [0.15, 0.2) is 0 Å². The topological polar surface area (TPSA) is 610 Å². The summed E-state index contributed by atoms with van der Waals surface area (Å²) in [6.07, 6.45) is -1.33. The van der Waals surface area contributed by atoms with Gasteiger partial charge in [-0.05, 0) is 83.3 Å². The van der Waals surface area contributed by atoms with Crippen molar-refractivity contribution < 1.29 is 256 Å². The van der Waals surface area contributed by atoms with Crippen molar-refractivity contribution in [2.45, 2.75) is 57.1 Å². The van der Waals surface area contributed by atoms with Gasteiger partial charge < -0.3 is 18.2 Å². The number of hydrogen-bond donors (Lipinski definition) is 4. The zero-order valence-corrected chi connectivity index (χ0v) is 73.4. The van der Waals surface area contributed by atoms with Gasteiger partial charge in [-0.15, -0.1) is 0 Å².